The molecular formula is C20H37N6O6. The summed E-state index contributed by atoms with van der Waals surface area (Å²) >= 11 is 0. The quantitative estimate of drug-likeness (QED) is 0.0543. The Hall–Kier alpha value is -2.92. The minimum atomic E-state index is -0.841. The lowest BCUT2D eigenvalue weighted by molar-refractivity contribution is -0.525. The third-order valence-electron chi connectivity index (χ3n) is 4.42. The number of nitrogens with one attached hydrogen (secondary N) is 5. The van der Waals surface area contributed by atoms with E-state index >= 15 is 0 Å². The predicted octanol–water partition coefficient (Wildman–Crippen LogP) is 1.39. The molecule has 0 aromatic carbocycles. The van der Waals surface area contributed by atoms with Gasteiger partial charge in [-0.3, -0.25) is 19.8 Å². The third kappa shape index (κ3) is 16.8. The molecule has 1 atom stereocenters. The number of hydrazine groups is 1. The van der Waals surface area contributed by atoms with Crippen LogP contribution in [0.2, 0.25) is 0 Å². The van der Waals surface area contributed by atoms with E-state index in [9.17, 15) is 24.5 Å². The summed E-state index contributed by atoms with van der Waals surface area (Å²) in [5, 5.41) is 24.8. The van der Waals surface area contributed by atoms with Crippen molar-refractivity contribution < 1.29 is 24.2 Å². The molecule has 0 saturated heterocycles. The van der Waals surface area contributed by atoms with Crippen LogP contribution >= 0.6 is 0 Å². The molecule has 0 spiro atoms. The highest BCUT2D eigenvalue weighted by Crippen LogP contribution is 2.07. The van der Waals surface area contributed by atoms with Crippen molar-refractivity contribution in [3.05, 3.63) is 16.7 Å². The SMILES string of the molecule is COC(=O)CCCCCCC(=O)N[C@@H](CCCNC(=N)N[N+](=O)[O-])C(=O)N[CH]CC(C)C. The molecular weight excluding hydrogens is 420 g/mol. The Kier molecular flexibility index (Phi) is 16.1. The number of hydrogen-bond acceptors (Lipinski definition) is 7. The monoisotopic (exact) mass is 457 g/mol. The van der Waals surface area contributed by atoms with Gasteiger partial charge in [0.25, 0.3) is 5.96 Å². The number of ether oxygens (including phenoxy) is 1. The van der Waals surface area contributed by atoms with Gasteiger partial charge in [0.05, 0.1) is 7.11 Å². The number of methoxy groups -OCH3 is 1. The molecule has 12 heteroatoms. The maximum absolute atomic E-state index is 12.5. The zero-order chi connectivity index (χ0) is 24.4. The maximum atomic E-state index is 12.5. The van der Waals surface area contributed by atoms with E-state index < -0.39 is 17.0 Å². The lowest BCUT2D eigenvalue weighted by Crippen LogP contribution is -2.46. The minimum Gasteiger partial charge on any atom is -0.469 e. The molecule has 0 aliphatic carbocycles. The number of carbonyl (C=O) groups is 3. The zero-order valence-electron chi connectivity index (χ0n) is 19.2. The number of amides is 2. The summed E-state index contributed by atoms with van der Waals surface area (Å²) < 4.78 is 4.58. The summed E-state index contributed by atoms with van der Waals surface area (Å²) in [6.07, 6.45) is 5.01. The van der Waals surface area contributed by atoms with Crippen LogP contribution in [0.15, 0.2) is 0 Å². The largest absolute Gasteiger partial charge is 0.469 e. The topological polar surface area (TPSA) is 176 Å². The molecule has 12 nitrogen and oxygen atoms in total. The molecule has 183 valence electrons. The van der Waals surface area contributed by atoms with Crippen molar-refractivity contribution in [1.82, 2.24) is 21.4 Å². The molecule has 2 amide bonds. The Morgan fingerprint density at radius 1 is 1.09 bits per heavy atom. The Bertz CT molecular complexity index is 613. The van der Waals surface area contributed by atoms with Gasteiger partial charge in [-0.1, -0.05) is 32.1 Å². The van der Waals surface area contributed by atoms with Gasteiger partial charge in [0.2, 0.25) is 11.8 Å². The van der Waals surface area contributed by atoms with E-state index in [-0.39, 0.29) is 30.7 Å². The van der Waals surface area contributed by atoms with Crippen LogP contribution in [0, 0.1) is 28.0 Å². The number of carbonyl (C=O) groups excluding carboxylic acids is 3. The molecule has 0 saturated carbocycles. The number of guanidine groups is 1. The Labute approximate surface area is 189 Å². The first-order valence-electron chi connectivity index (χ1n) is 10.9. The van der Waals surface area contributed by atoms with E-state index in [0.29, 0.717) is 44.4 Å². The van der Waals surface area contributed by atoms with Crippen LogP contribution < -0.4 is 21.4 Å². The van der Waals surface area contributed by atoms with E-state index in [4.69, 9.17) is 5.41 Å². The van der Waals surface area contributed by atoms with Crippen LogP contribution in [-0.4, -0.2) is 48.5 Å². The average molecular weight is 458 g/mol. The van der Waals surface area contributed by atoms with Crippen LogP contribution in [0.5, 0.6) is 0 Å². The highest BCUT2D eigenvalue weighted by atomic mass is 16.7. The highest BCUT2D eigenvalue weighted by molar-refractivity contribution is 5.87. The number of rotatable bonds is 17. The van der Waals surface area contributed by atoms with Gasteiger partial charge < -0.3 is 20.7 Å². The van der Waals surface area contributed by atoms with Gasteiger partial charge in [-0.05, 0) is 38.0 Å². The van der Waals surface area contributed by atoms with Crippen molar-refractivity contribution in [3.8, 4) is 0 Å². The lowest BCUT2D eigenvalue weighted by Gasteiger charge is -2.19. The first kappa shape index (κ1) is 29.1. The number of esters is 1. The van der Waals surface area contributed by atoms with Gasteiger partial charge in [0, 0.05) is 25.9 Å². The van der Waals surface area contributed by atoms with Crippen molar-refractivity contribution in [3.63, 3.8) is 0 Å². The Morgan fingerprint density at radius 2 is 1.75 bits per heavy atom. The van der Waals surface area contributed by atoms with Crippen LogP contribution in [-0.2, 0) is 19.1 Å². The first-order chi connectivity index (χ1) is 15.1. The van der Waals surface area contributed by atoms with Gasteiger partial charge in [-0.15, -0.1) is 0 Å². The van der Waals surface area contributed by atoms with E-state index in [1.807, 2.05) is 13.8 Å². The number of nitro groups is 1. The predicted molar refractivity (Wildman–Crippen MR) is 119 cm³/mol. The molecule has 0 bridgehead atoms. The highest BCUT2D eigenvalue weighted by Gasteiger charge is 2.20. The normalized spacial score (nSPS) is 11.4. The molecule has 0 unspecified atom stereocenters. The van der Waals surface area contributed by atoms with Gasteiger partial charge in [-0.2, -0.15) is 0 Å². The minimum absolute atomic E-state index is 0.231. The van der Waals surface area contributed by atoms with Crippen LogP contribution in [0.1, 0.15) is 71.6 Å². The zero-order valence-corrected chi connectivity index (χ0v) is 19.2. The van der Waals surface area contributed by atoms with Crippen molar-refractivity contribution in [2.24, 2.45) is 5.92 Å². The molecule has 5 N–H and O–H groups in total. The van der Waals surface area contributed by atoms with Crippen molar-refractivity contribution in [1.29, 1.82) is 5.41 Å². The fourth-order valence-corrected chi connectivity index (χ4v) is 2.69. The molecule has 0 aliphatic heterocycles. The van der Waals surface area contributed by atoms with E-state index in [1.165, 1.54) is 7.11 Å². The first-order valence-corrected chi connectivity index (χ1v) is 10.9. The summed E-state index contributed by atoms with van der Waals surface area (Å²) in [5.74, 6) is -0.873. The van der Waals surface area contributed by atoms with Crippen LogP contribution in [0.3, 0.4) is 0 Å². The molecule has 0 heterocycles. The molecule has 0 aromatic rings. The van der Waals surface area contributed by atoms with Gasteiger partial charge in [-0.25, -0.2) is 10.1 Å². The second kappa shape index (κ2) is 17.7. The van der Waals surface area contributed by atoms with Crippen LogP contribution in [0.4, 0.5) is 0 Å². The maximum Gasteiger partial charge on any atom is 0.305 e. The number of nitrogens with zero attached hydrogens (tertiary/aromatic N) is 1. The molecule has 0 aromatic heterocycles. The molecule has 0 rings (SSSR count). The lowest BCUT2D eigenvalue weighted by atomic mass is 10.1. The van der Waals surface area contributed by atoms with E-state index in [1.54, 1.807) is 12.0 Å². The average Bonchev–Trinajstić information content (AvgIpc) is 2.71. The summed E-state index contributed by atoms with van der Waals surface area (Å²) in [6, 6.07) is -0.746. The summed E-state index contributed by atoms with van der Waals surface area (Å²) in [7, 11) is 1.35. The second-order valence-electron chi connectivity index (χ2n) is 7.77. The second-order valence-corrected chi connectivity index (χ2v) is 7.77. The van der Waals surface area contributed by atoms with E-state index in [2.05, 4.69) is 20.7 Å². The third-order valence-corrected chi connectivity index (χ3v) is 4.42. The number of unbranched alkanes of at least 4 members (excludes halogenated alkanes) is 3. The molecule has 0 aliphatic rings. The summed E-state index contributed by atoms with van der Waals surface area (Å²) in [6.45, 7) is 5.94. The van der Waals surface area contributed by atoms with Crippen molar-refractivity contribution >= 4 is 23.7 Å². The fraction of sp³-hybridized carbons (Fsp3) is 0.750. The fourth-order valence-electron chi connectivity index (χ4n) is 2.69. The van der Waals surface area contributed by atoms with Crippen molar-refractivity contribution in [2.75, 3.05) is 13.7 Å². The standard InChI is InChI=1S/C20H37N6O6/c1-15(2)12-14-22-19(29)16(9-8-13-23-20(21)25-26(30)31)24-17(27)10-6-4-5-7-11-18(28)32-3/h14-16H,4-13H2,1-3H3,(H,22,29)(H,24,27)(H3,21,23,25)/t16-/m0/s1. The van der Waals surface area contributed by atoms with E-state index in [0.717, 1.165) is 12.8 Å². The molecule has 32 heavy (non-hydrogen) atoms. The smallest absolute Gasteiger partial charge is 0.305 e. The molecule has 0 fully saturated rings. The summed E-state index contributed by atoms with van der Waals surface area (Å²) in [4.78, 5) is 46.1. The van der Waals surface area contributed by atoms with Crippen molar-refractivity contribution in [2.45, 2.75) is 77.7 Å². The summed E-state index contributed by atoms with van der Waals surface area (Å²) in [5.41, 5.74) is 1.69. The van der Waals surface area contributed by atoms with Gasteiger partial charge >= 0.3 is 5.97 Å². The number of hydrogen-bond donors (Lipinski definition) is 5. The Balaban J connectivity index is 4.41. The van der Waals surface area contributed by atoms with Gasteiger partial charge in [0.1, 0.15) is 6.04 Å². The van der Waals surface area contributed by atoms with Crippen LogP contribution in [0.25, 0.3) is 0 Å². The molecule has 1 radical (unpaired) electrons. The Morgan fingerprint density at radius 3 is 2.34 bits per heavy atom. The van der Waals surface area contributed by atoms with Gasteiger partial charge in [0.15, 0.2) is 5.03 Å².